The number of alkyl halides is 2. The molecule has 0 bridgehead atoms. The second kappa shape index (κ2) is 5.98. The number of rotatable bonds is 4. The Morgan fingerprint density at radius 2 is 1.95 bits per heavy atom. The van der Waals surface area contributed by atoms with E-state index in [0.717, 1.165) is 6.07 Å². The number of nitrogens with one attached hydrogen (secondary N) is 1. The first-order valence-corrected chi connectivity index (χ1v) is 7.31. The molecule has 19 heavy (non-hydrogen) atoms. The Morgan fingerprint density at radius 1 is 1.37 bits per heavy atom. The average Bonchev–Trinajstić information content (AvgIpc) is 2.27. The van der Waals surface area contributed by atoms with Gasteiger partial charge in [-0.2, -0.15) is 0 Å². The van der Waals surface area contributed by atoms with Crippen LogP contribution in [0, 0.1) is 5.82 Å². The fourth-order valence-electron chi connectivity index (χ4n) is 1.17. The molecule has 1 amide bonds. The quantitative estimate of drug-likeness (QED) is 0.859. The van der Waals surface area contributed by atoms with E-state index in [1.165, 1.54) is 0 Å². The van der Waals surface area contributed by atoms with E-state index in [4.69, 9.17) is 22.3 Å². The van der Waals surface area contributed by atoms with Gasteiger partial charge in [-0.05, 0) is 12.1 Å². The lowest BCUT2D eigenvalue weighted by Crippen LogP contribution is -2.29. The SMILES string of the molecule is O=C(NCC(F)F)c1cc(Cl)cc(S(=O)(=O)Cl)c1F. The third-order valence-electron chi connectivity index (χ3n) is 1.93. The van der Waals surface area contributed by atoms with Crippen molar-refractivity contribution in [2.24, 2.45) is 0 Å². The van der Waals surface area contributed by atoms with E-state index in [1.54, 1.807) is 5.32 Å². The minimum Gasteiger partial charge on any atom is -0.346 e. The lowest BCUT2D eigenvalue weighted by molar-refractivity contribution is 0.0887. The molecule has 0 aliphatic carbocycles. The standard InChI is InChI=1S/C9H6Cl2F3NO3S/c10-4-1-5(9(16)15-3-7(12)13)8(14)6(2-4)19(11,17)18/h1-2,7H,3H2,(H,15,16). The normalized spacial score (nSPS) is 11.7. The summed E-state index contributed by atoms with van der Waals surface area (Å²) in [5.74, 6) is -2.67. The van der Waals surface area contributed by atoms with Crippen LogP contribution < -0.4 is 5.32 Å². The van der Waals surface area contributed by atoms with Gasteiger partial charge in [0.2, 0.25) is 0 Å². The molecule has 1 aromatic carbocycles. The molecule has 0 aromatic heterocycles. The van der Waals surface area contributed by atoms with Gasteiger partial charge in [0.15, 0.2) is 5.82 Å². The van der Waals surface area contributed by atoms with Gasteiger partial charge >= 0.3 is 0 Å². The zero-order valence-corrected chi connectivity index (χ0v) is 11.3. The van der Waals surface area contributed by atoms with Crippen molar-refractivity contribution in [3.8, 4) is 0 Å². The third-order valence-corrected chi connectivity index (χ3v) is 3.47. The highest BCUT2D eigenvalue weighted by atomic mass is 35.7. The molecule has 0 radical (unpaired) electrons. The Kier molecular flexibility index (Phi) is 5.05. The summed E-state index contributed by atoms with van der Waals surface area (Å²) in [6.45, 7) is -1.01. The van der Waals surface area contributed by atoms with Crippen LogP contribution in [0.25, 0.3) is 0 Å². The van der Waals surface area contributed by atoms with Crippen molar-refractivity contribution in [2.75, 3.05) is 6.54 Å². The molecule has 1 aromatic rings. The Hall–Kier alpha value is -0.990. The molecule has 0 aliphatic heterocycles. The molecule has 0 unspecified atom stereocenters. The highest BCUT2D eigenvalue weighted by Gasteiger charge is 2.24. The third kappa shape index (κ3) is 4.26. The number of hydrogen-bond acceptors (Lipinski definition) is 3. The minimum absolute atomic E-state index is 0.275. The monoisotopic (exact) mass is 335 g/mol. The van der Waals surface area contributed by atoms with Crippen molar-refractivity contribution in [3.63, 3.8) is 0 Å². The van der Waals surface area contributed by atoms with Crippen LogP contribution >= 0.6 is 22.3 Å². The van der Waals surface area contributed by atoms with Crippen molar-refractivity contribution in [1.82, 2.24) is 5.32 Å². The topological polar surface area (TPSA) is 63.2 Å². The molecular formula is C9H6Cl2F3NO3S. The summed E-state index contributed by atoms with van der Waals surface area (Å²) in [6, 6.07) is 1.52. The molecule has 0 saturated heterocycles. The van der Waals surface area contributed by atoms with Crippen molar-refractivity contribution < 1.29 is 26.4 Å². The molecule has 0 heterocycles. The van der Waals surface area contributed by atoms with Crippen LogP contribution in [0.4, 0.5) is 13.2 Å². The molecule has 10 heteroatoms. The van der Waals surface area contributed by atoms with E-state index >= 15 is 0 Å². The second-order valence-corrected chi connectivity index (χ2v) is 6.28. The van der Waals surface area contributed by atoms with Crippen LogP contribution in [-0.4, -0.2) is 27.3 Å². The molecule has 0 aliphatic rings. The van der Waals surface area contributed by atoms with Gasteiger partial charge in [-0.15, -0.1) is 0 Å². The largest absolute Gasteiger partial charge is 0.346 e. The highest BCUT2D eigenvalue weighted by Crippen LogP contribution is 2.26. The first-order chi connectivity index (χ1) is 8.62. The zero-order valence-electron chi connectivity index (χ0n) is 8.96. The predicted molar refractivity (Wildman–Crippen MR) is 62.8 cm³/mol. The van der Waals surface area contributed by atoms with E-state index in [9.17, 15) is 26.4 Å². The van der Waals surface area contributed by atoms with Gasteiger partial charge in [0.25, 0.3) is 21.4 Å². The summed E-state index contributed by atoms with van der Waals surface area (Å²) in [5, 5.41) is 1.44. The molecule has 4 nitrogen and oxygen atoms in total. The van der Waals surface area contributed by atoms with Gasteiger partial charge < -0.3 is 5.32 Å². The number of benzene rings is 1. The Balaban J connectivity index is 3.22. The zero-order chi connectivity index (χ0) is 14.8. The fraction of sp³-hybridized carbons (Fsp3) is 0.222. The lowest BCUT2D eigenvalue weighted by atomic mass is 10.2. The van der Waals surface area contributed by atoms with E-state index in [2.05, 4.69) is 0 Å². The Morgan fingerprint density at radius 3 is 2.42 bits per heavy atom. The van der Waals surface area contributed by atoms with Gasteiger partial charge in [-0.1, -0.05) is 11.6 Å². The molecule has 0 fully saturated rings. The van der Waals surface area contributed by atoms with Crippen LogP contribution in [0.5, 0.6) is 0 Å². The summed E-state index contributed by atoms with van der Waals surface area (Å²) >= 11 is 5.52. The number of carbonyl (C=O) groups excluding carboxylic acids is 1. The van der Waals surface area contributed by atoms with Gasteiger partial charge in [-0.3, -0.25) is 4.79 Å². The van der Waals surface area contributed by atoms with E-state index in [1.807, 2.05) is 0 Å². The van der Waals surface area contributed by atoms with Crippen LogP contribution in [-0.2, 0) is 9.05 Å². The van der Waals surface area contributed by atoms with E-state index in [0.29, 0.717) is 6.07 Å². The predicted octanol–water partition coefficient (Wildman–Crippen LogP) is 2.40. The number of amides is 1. The molecule has 1 rings (SSSR count). The van der Waals surface area contributed by atoms with Crippen LogP contribution in [0.3, 0.4) is 0 Å². The van der Waals surface area contributed by atoms with Crippen molar-refractivity contribution in [1.29, 1.82) is 0 Å². The Bertz CT molecular complexity index is 607. The smallest absolute Gasteiger partial charge is 0.264 e. The van der Waals surface area contributed by atoms with Gasteiger partial charge in [-0.25, -0.2) is 21.6 Å². The highest BCUT2D eigenvalue weighted by molar-refractivity contribution is 8.13. The van der Waals surface area contributed by atoms with Crippen molar-refractivity contribution in [2.45, 2.75) is 11.3 Å². The second-order valence-electron chi connectivity index (χ2n) is 3.30. The summed E-state index contributed by atoms with van der Waals surface area (Å²) < 4.78 is 59.7. The average molecular weight is 336 g/mol. The van der Waals surface area contributed by atoms with Crippen LogP contribution in [0.15, 0.2) is 17.0 Å². The molecule has 0 saturated carbocycles. The van der Waals surface area contributed by atoms with Crippen molar-refractivity contribution >= 4 is 37.2 Å². The molecule has 0 spiro atoms. The maximum absolute atomic E-state index is 13.8. The van der Waals surface area contributed by atoms with E-state index < -0.39 is 44.2 Å². The maximum Gasteiger partial charge on any atom is 0.264 e. The lowest BCUT2D eigenvalue weighted by Gasteiger charge is -2.08. The molecular weight excluding hydrogens is 330 g/mol. The van der Waals surface area contributed by atoms with Crippen LogP contribution in [0.1, 0.15) is 10.4 Å². The maximum atomic E-state index is 13.8. The van der Waals surface area contributed by atoms with E-state index in [-0.39, 0.29) is 5.02 Å². The summed E-state index contributed by atoms with van der Waals surface area (Å²) in [5.41, 5.74) is -0.785. The number of carbonyl (C=O) groups is 1. The number of hydrogen-bond donors (Lipinski definition) is 1. The number of halogens is 5. The first kappa shape index (κ1) is 16.1. The molecule has 1 N–H and O–H groups in total. The minimum atomic E-state index is -4.46. The Labute approximate surface area is 115 Å². The molecule has 0 atom stereocenters. The summed E-state index contributed by atoms with van der Waals surface area (Å²) in [7, 11) is 0.503. The summed E-state index contributed by atoms with van der Waals surface area (Å²) in [6.07, 6.45) is -2.83. The molecule has 106 valence electrons. The first-order valence-electron chi connectivity index (χ1n) is 4.63. The van der Waals surface area contributed by atoms with Gasteiger partial charge in [0.1, 0.15) is 4.90 Å². The fourth-order valence-corrected chi connectivity index (χ4v) is 2.38. The van der Waals surface area contributed by atoms with Crippen molar-refractivity contribution in [3.05, 3.63) is 28.5 Å². The summed E-state index contributed by atoms with van der Waals surface area (Å²) in [4.78, 5) is 10.4. The van der Waals surface area contributed by atoms with Crippen LogP contribution in [0.2, 0.25) is 5.02 Å². The van der Waals surface area contributed by atoms with Gasteiger partial charge in [0, 0.05) is 15.7 Å². The van der Waals surface area contributed by atoms with Gasteiger partial charge in [0.05, 0.1) is 12.1 Å².